The SMILES string of the molecule is CCNC(CCc1ccccc1OC(C)C)C(C)(C)C. The Balaban J connectivity index is 2.72. The molecule has 0 aliphatic rings. The van der Waals surface area contributed by atoms with E-state index in [1.807, 2.05) is 6.07 Å². The van der Waals surface area contributed by atoms with Gasteiger partial charge < -0.3 is 10.1 Å². The molecule has 20 heavy (non-hydrogen) atoms. The molecule has 1 aromatic rings. The lowest BCUT2D eigenvalue weighted by Gasteiger charge is -2.31. The van der Waals surface area contributed by atoms with Crippen molar-refractivity contribution in [2.45, 2.75) is 66.5 Å². The Morgan fingerprint density at radius 2 is 1.80 bits per heavy atom. The van der Waals surface area contributed by atoms with E-state index in [-0.39, 0.29) is 11.5 Å². The summed E-state index contributed by atoms with van der Waals surface area (Å²) in [6, 6.07) is 8.94. The third-order valence-corrected chi connectivity index (χ3v) is 3.53. The van der Waals surface area contributed by atoms with Gasteiger partial charge in [-0.1, -0.05) is 45.9 Å². The highest BCUT2D eigenvalue weighted by atomic mass is 16.5. The number of nitrogens with one attached hydrogen (secondary N) is 1. The van der Waals surface area contributed by atoms with E-state index in [4.69, 9.17) is 4.74 Å². The minimum Gasteiger partial charge on any atom is -0.491 e. The largest absolute Gasteiger partial charge is 0.491 e. The van der Waals surface area contributed by atoms with Gasteiger partial charge in [0, 0.05) is 6.04 Å². The molecule has 1 rings (SSSR count). The van der Waals surface area contributed by atoms with Gasteiger partial charge >= 0.3 is 0 Å². The van der Waals surface area contributed by atoms with Crippen molar-refractivity contribution in [1.82, 2.24) is 5.32 Å². The molecule has 0 saturated heterocycles. The summed E-state index contributed by atoms with van der Waals surface area (Å²) in [7, 11) is 0. The molecule has 0 radical (unpaired) electrons. The fourth-order valence-electron chi connectivity index (χ4n) is 2.47. The van der Waals surface area contributed by atoms with Gasteiger partial charge in [-0.15, -0.1) is 0 Å². The number of benzene rings is 1. The summed E-state index contributed by atoms with van der Waals surface area (Å²) >= 11 is 0. The highest BCUT2D eigenvalue weighted by Gasteiger charge is 2.23. The van der Waals surface area contributed by atoms with Crippen molar-refractivity contribution >= 4 is 0 Å². The molecule has 0 aromatic heterocycles. The highest BCUT2D eigenvalue weighted by Crippen LogP contribution is 2.26. The van der Waals surface area contributed by atoms with Crippen molar-refractivity contribution in [3.05, 3.63) is 29.8 Å². The van der Waals surface area contributed by atoms with Crippen molar-refractivity contribution in [2.24, 2.45) is 5.41 Å². The molecule has 1 N–H and O–H groups in total. The van der Waals surface area contributed by atoms with Crippen LogP contribution >= 0.6 is 0 Å². The fourth-order valence-corrected chi connectivity index (χ4v) is 2.47. The van der Waals surface area contributed by atoms with Crippen molar-refractivity contribution in [3.8, 4) is 5.75 Å². The predicted octanol–water partition coefficient (Wildman–Crippen LogP) is 4.43. The van der Waals surface area contributed by atoms with Crippen LogP contribution in [0.4, 0.5) is 0 Å². The molecule has 1 unspecified atom stereocenters. The fraction of sp³-hybridized carbons (Fsp3) is 0.667. The second kappa shape index (κ2) is 7.68. The first kappa shape index (κ1) is 17.0. The zero-order valence-corrected chi connectivity index (χ0v) is 14.0. The van der Waals surface area contributed by atoms with Crippen LogP contribution < -0.4 is 10.1 Å². The molecule has 2 heteroatoms. The number of aryl methyl sites for hydroxylation is 1. The third-order valence-electron chi connectivity index (χ3n) is 3.53. The van der Waals surface area contributed by atoms with Crippen LogP contribution in [0.15, 0.2) is 24.3 Å². The Morgan fingerprint density at radius 3 is 2.35 bits per heavy atom. The number of hydrogen-bond donors (Lipinski definition) is 1. The summed E-state index contributed by atoms with van der Waals surface area (Å²) in [5.41, 5.74) is 1.59. The Hall–Kier alpha value is -1.02. The van der Waals surface area contributed by atoms with Crippen LogP contribution in [0.5, 0.6) is 5.75 Å². The molecule has 0 saturated carbocycles. The summed E-state index contributed by atoms with van der Waals surface area (Å²) in [5, 5.41) is 3.61. The van der Waals surface area contributed by atoms with Crippen LogP contribution in [-0.2, 0) is 6.42 Å². The van der Waals surface area contributed by atoms with Gasteiger partial charge in [0.2, 0.25) is 0 Å². The van der Waals surface area contributed by atoms with Gasteiger partial charge in [-0.2, -0.15) is 0 Å². The minimum absolute atomic E-state index is 0.225. The van der Waals surface area contributed by atoms with Crippen molar-refractivity contribution in [2.75, 3.05) is 6.54 Å². The lowest BCUT2D eigenvalue weighted by atomic mass is 9.83. The topological polar surface area (TPSA) is 21.3 Å². The molecule has 0 aliphatic carbocycles. The van der Waals surface area contributed by atoms with E-state index in [0.29, 0.717) is 6.04 Å². The van der Waals surface area contributed by atoms with Crippen LogP contribution in [0.2, 0.25) is 0 Å². The van der Waals surface area contributed by atoms with Crippen LogP contribution in [0.1, 0.15) is 53.5 Å². The van der Waals surface area contributed by atoms with Crippen molar-refractivity contribution in [1.29, 1.82) is 0 Å². The van der Waals surface area contributed by atoms with Gasteiger partial charge in [0.1, 0.15) is 5.75 Å². The number of hydrogen-bond acceptors (Lipinski definition) is 2. The van der Waals surface area contributed by atoms with Gasteiger partial charge in [0.15, 0.2) is 0 Å². The molecule has 0 aliphatic heterocycles. The maximum Gasteiger partial charge on any atom is 0.122 e. The number of ether oxygens (including phenoxy) is 1. The molecular formula is C18H31NO. The zero-order chi connectivity index (χ0) is 15.2. The number of rotatable bonds is 7. The average molecular weight is 277 g/mol. The molecule has 0 bridgehead atoms. The van der Waals surface area contributed by atoms with Gasteiger partial charge in [0.05, 0.1) is 6.10 Å². The van der Waals surface area contributed by atoms with E-state index in [1.54, 1.807) is 0 Å². The van der Waals surface area contributed by atoms with Gasteiger partial charge in [-0.25, -0.2) is 0 Å². The third kappa shape index (κ3) is 5.54. The van der Waals surface area contributed by atoms with E-state index in [0.717, 1.165) is 25.1 Å². The van der Waals surface area contributed by atoms with Crippen molar-refractivity contribution < 1.29 is 4.74 Å². The minimum atomic E-state index is 0.225. The predicted molar refractivity (Wildman–Crippen MR) is 87.4 cm³/mol. The second-order valence-corrected chi connectivity index (χ2v) is 6.79. The quantitative estimate of drug-likeness (QED) is 0.796. The molecule has 0 fully saturated rings. The summed E-state index contributed by atoms with van der Waals surface area (Å²) in [5.74, 6) is 1.03. The molecule has 1 atom stereocenters. The smallest absolute Gasteiger partial charge is 0.122 e. The lowest BCUT2D eigenvalue weighted by Crippen LogP contribution is -2.40. The first-order chi connectivity index (χ1) is 9.34. The monoisotopic (exact) mass is 277 g/mol. The number of para-hydroxylation sites is 1. The van der Waals surface area contributed by atoms with Crippen LogP contribution in [0, 0.1) is 5.41 Å². The van der Waals surface area contributed by atoms with Crippen LogP contribution in [-0.4, -0.2) is 18.7 Å². The maximum absolute atomic E-state index is 5.90. The summed E-state index contributed by atoms with van der Waals surface area (Å²) in [4.78, 5) is 0. The van der Waals surface area contributed by atoms with Gasteiger partial charge in [-0.3, -0.25) is 0 Å². The molecule has 0 amide bonds. The normalized spacial score (nSPS) is 13.6. The van der Waals surface area contributed by atoms with Crippen molar-refractivity contribution in [3.63, 3.8) is 0 Å². The Kier molecular flexibility index (Phi) is 6.54. The first-order valence-electron chi connectivity index (χ1n) is 7.82. The van der Waals surface area contributed by atoms with E-state index >= 15 is 0 Å². The maximum atomic E-state index is 5.90. The standard InChI is InChI=1S/C18H31NO/c1-7-19-17(18(4,5)6)13-12-15-10-8-9-11-16(15)20-14(2)3/h8-11,14,17,19H,7,12-13H2,1-6H3. The lowest BCUT2D eigenvalue weighted by molar-refractivity contribution is 0.236. The van der Waals surface area contributed by atoms with E-state index in [2.05, 4.69) is 65.1 Å². The molecule has 2 nitrogen and oxygen atoms in total. The molecule has 1 aromatic carbocycles. The first-order valence-corrected chi connectivity index (χ1v) is 7.82. The Labute approximate surface area is 124 Å². The van der Waals surface area contributed by atoms with Gasteiger partial charge in [-0.05, 0) is 50.3 Å². The van der Waals surface area contributed by atoms with E-state index < -0.39 is 0 Å². The van der Waals surface area contributed by atoms with Crippen LogP contribution in [0.25, 0.3) is 0 Å². The summed E-state index contributed by atoms with van der Waals surface area (Å²) in [6.45, 7) is 14.3. The Bertz CT molecular complexity index is 393. The summed E-state index contributed by atoms with van der Waals surface area (Å²) in [6.07, 6.45) is 2.41. The molecule has 0 spiro atoms. The van der Waals surface area contributed by atoms with Crippen LogP contribution in [0.3, 0.4) is 0 Å². The highest BCUT2D eigenvalue weighted by molar-refractivity contribution is 5.33. The molecule has 114 valence electrons. The van der Waals surface area contributed by atoms with E-state index in [1.165, 1.54) is 5.56 Å². The molecule has 0 heterocycles. The zero-order valence-electron chi connectivity index (χ0n) is 14.0. The Morgan fingerprint density at radius 1 is 1.15 bits per heavy atom. The second-order valence-electron chi connectivity index (χ2n) is 6.79. The summed E-state index contributed by atoms with van der Waals surface area (Å²) < 4.78 is 5.90. The van der Waals surface area contributed by atoms with E-state index in [9.17, 15) is 0 Å². The van der Waals surface area contributed by atoms with Gasteiger partial charge in [0.25, 0.3) is 0 Å². The molecular weight excluding hydrogens is 246 g/mol. The average Bonchev–Trinajstić information content (AvgIpc) is 2.34.